The minimum absolute atomic E-state index is 0.0734. The summed E-state index contributed by atoms with van der Waals surface area (Å²) in [6.45, 7) is 3.39. The third-order valence-corrected chi connectivity index (χ3v) is 5.22. The molecular formula is C19H25N3OS. The van der Waals surface area contributed by atoms with Crippen LogP contribution in [0, 0.1) is 0 Å². The molecule has 1 unspecified atom stereocenters. The second-order valence-corrected chi connectivity index (χ2v) is 7.06. The van der Waals surface area contributed by atoms with E-state index in [9.17, 15) is 4.79 Å². The van der Waals surface area contributed by atoms with Gasteiger partial charge in [0.2, 0.25) is 5.91 Å². The van der Waals surface area contributed by atoms with E-state index >= 15 is 0 Å². The van der Waals surface area contributed by atoms with Crippen LogP contribution in [-0.2, 0) is 4.79 Å². The van der Waals surface area contributed by atoms with Crippen LogP contribution in [0.25, 0.3) is 0 Å². The molecule has 1 atom stereocenters. The van der Waals surface area contributed by atoms with Crippen molar-refractivity contribution >= 4 is 23.4 Å². The Kier molecular flexibility index (Phi) is 5.86. The number of nitrogens with zero attached hydrogens (tertiary/aromatic N) is 3. The van der Waals surface area contributed by atoms with Gasteiger partial charge in [0, 0.05) is 44.3 Å². The lowest BCUT2D eigenvalue weighted by molar-refractivity contribution is -0.135. The van der Waals surface area contributed by atoms with Gasteiger partial charge in [0.25, 0.3) is 0 Å². The molecule has 0 saturated carbocycles. The van der Waals surface area contributed by atoms with Gasteiger partial charge < -0.3 is 14.4 Å². The van der Waals surface area contributed by atoms with Crippen molar-refractivity contribution in [2.45, 2.75) is 12.5 Å². The zero-order valence-corrected chi connectivity index (χ0v) is 15.0. The van der Waals surface area contributed by atoms with Crippen LogP contribution in [0.4, 0.5) is 5.69 Å². The SMILES string of the molecule is CSCCC(C(=O)N1CCN(c2ccccc2)CC1)n1cccc1. The van der Waals surface area contributed by atoms with Crippen molar-refractivity contribution in [1.82, 2.24) is 9.47 Å². The summed E-state index contributed by atoms with van der Waals surface area (Å²) in [5, 5.41) is 0. The van der Waals surface area contributed by atoms with Crippen molar-refractivity contribution < 1.29 is 4.79 Å². The molecule has 128 valence electrons. The maximum absolute atomic E-state index is 13.0. The number of para-hydroxylation sites is 1. The largest absolute Gasteiger partial charge is 0.368 e. The number of piperazine rings is 1. The van der Waals surface area contributed by atoms with E-state index in [0.717, 1.165) is 38.4 Å². The minimum Gasteiger partial charge on any atom is -0.368 e. The molecule has 3 rings (SSSR count). The quantitative estimate of drug-likeness (QED) is 0.807. The Balaban J connectivity index is 1.62. The molecule has 0 radical (unpaired) electrons. The highest BCUT2D eigenvalue weighted by Gasteiger charge is 2.28. The van der Waals surface area contributed by atoms with Gasteiger partial charge in [0.05, 0.1) is 0 Å². The van der Waals surface area contributed by atoms with Crippen LogP contribution in [0.1, 0.15) is 12.5 Å². The molecule has 4 nitrogen and oxygen atoms in total. The fourth-order valence-corrected chi connectivity index (χ4v) is 3.68. The molecule has 1 aromatic heterocycles. The van der Waals surface area contributed by atoms with E-state index in [4.69, 9.17) is 0 Å². The number of carbonyl (C=O) groups excluding carboxylic acids is 1. The molecule has 24 heavy (non-hydrogen) atoms. The number of thioether (sulfide) groups is 1. The van der Waals surface area contributed by atoms with Crippen LogP contribution >= 0.6 is 11.8 Å². The molecule has 0 bridgehead atoms. The standard InChI is InChI=1S/C19H25N3OS/c1-24-16-9-18(21-10-5-6-11-21)19(23)22-14-12-20(13-15-22)17-7-3-2-4-8-17/h2-8,10-11,18H,9,12-16H2,1H3. The summed E-state index contributed by atoms with van der Waals surface area (Å²) in [6, 6.07) is 14.4. The number of carbonyl (C=O) groups is 1. The summed E-state index contributed by atoms with van der Waals surface area (Å²) >= 11 is 1.80. The van der Waals surface area contributed by atoms with Gasteiger partial charge in [-0.15, -0.1) is 0 Å². The number of hydrogen-bond donors (Lipinski definition) is 0. The Hall–Kier alpha value is -1.88. The molecule has 1 aliphatic rings. The van der Waals surface area contributed by atoms with Crippen LogP contribution in [0.15, 0.2) is 54.9 Å². The third kappa shape index (κ3) is 3.96. The van der Waals surface area contributed by atoms with Crippen LogP contribution < -0.4 is 4.90 Å². The van der Waals surface area contributed by atoms with Crippen LogP contribution in [0.2, 0.25) is 0 Å². The van der Waals surface area contributed by atoms with Crippen molar-refractivity contribution in [3.8, 4) is 0 Å². The predicted octanol–water partition coefficient (Wildman–Crippen LogP) is 3.13. The van der Waals surface area contributed by atoms with E-state index in [-0.39, 0.29) is 11.9 Å². The predicted molar refractivity (Wildman–Crippen MR) is 102 cm³/mol. The Morgan fingerprint density at radius 1 is 1.04 bits per heavy atom. The summed E-state index contributed by atoms with van der Waals surface area (Å²) in [5.74, 6) is 1.26. The van der Waals surface area contributed by atoms with E-state index in [1.54, 1.807) is 11.8 Å². The van der Waals surface area contributed by atoms with E-state index in [1.807, 2.05) is 35.5 Å². The van der Waals surface area contributed by atoms with Gasteiger partial charge >= 0.3 is 0 Å². The normalized spacial score (nSPS) is 16.2. The molecule has 1 saturated heterocycles. The number of anilines is 1. The first-order valence-electron chi connectivity index (χ1n) is 8.50. The first kappa shape index (κ1) is 17.0. The highest BCUT2D eigenvalue weighted by Crippen LogP contribution is 2.21. The highest BCUT2D eigenvalue weighted by atomic mass is 32.2. The fraction of sp³-hybridized carbons (Fsp3) is 0.421. The van der Waals surface area contributed by atoms with Gasteiger partial charge in [-0.05, 0) is 42.7 Å². The molecule has 1 fully saturated rings. The molecule has 0 aliphatic carbocycles. The van der Waals surface area contributed by atoms with Crippen LogP contribution in [0.5, 0.6) is 0 Å². The maximum Gasteiger partial charge on any atom is 0.245 e. The molecule has 2 heterocycles. The van der Waals surface area contributed by atoms with Gasteiger partial charge in [-0.2, -0.15) is 11.8 Å². The molecular weight excluding hydrogens is 318 g/mol. The van der Waals surface area contributed by atoms with Gasteiger partial charge in [0.15, 0.2) is 0 Å². The van der Waals surface area contributed by atoms with Crippen LogP contribution in [-0.4, -0.2) is 53.6 Å². The molecule has 1 amide bonds. The van der Waals surface area contributed by atoms with Gasteiger partial charge in [-0.3, -0.25) is 4.79 Å². The Morgan fingerprint density at radius 3 is 2.33 bits per heavy atom. The molecule has 1 aliphatic heterocycles. The number of rotatable bonds is 6. The molecule has 0 N–H and O–H groups in total. The average molecular weight is 343 g/mol. The van der Waals surface area contributed by atoms with E-state index in [0.29, 0.717) is 0 Å². The lowest BCUT2D eigenvalue weighted by Crippen LogP contribution is -2.50. The third-order valence-electron chi connectivity index (χ3n) is 4.58. The second-order valence-electron chi connectivity index (χ2n) is 6.08. The summed E-state index contributed by atoms with van der Waals surface area (Å²) in [6.07, 6.45) is 6.98. The van der Waals surface area contributed by atoms with Gasteiger partial charge in [-0.25, -0.2) is 0 Å². The second kappa shape index (κ2) is 8.29. The molecule has 5 heteroatoms. The number of hydrogen-bond acceptors (Lipinski definition) is 3. The Morgan fingerprint density at radius 2 is 1.71 bits per heavy atom. The number of aromatic nitrogens is 1. The lowest BCUT2D eigenvalue weighted by Gasteiger charge is -2.37. The van der Waals surface area contributed by atoms with Crippen molar-refractivity contribution in [3.05, 3.63) is 54.9 Å². The summed E-state index contributed by atoms with van der Waals surface area (Å²) < 4.78 is 2.06. The zero-order valence-electron chi connectivity index (χ0n) is 14.2. The number of benzene rings is 1. The first-order valence-corrected chi connectivity index (χ1v) is 9.89. The van der Waals surface area contributed by atoms with Crippen molar-refractivity contribution in [2.24, 2.45) is 0 Å². The molecule has 1 aromatic carbocycles. The van der Waals surface area contributed by atoms with E-state index in [2.05, 4.69) is 40.0 Å². The summed E-state index contributed by atoms with van der Waals surface area (Å²) in [7, 11) is 0. The van der Waals surface area contributed by atoms with Gasteiger partial charge in [-0.1, -0.05) is 18.2 Å². The minimum atomic E-state index is -0.0734. The monoisotopic (exact) mass is 343 g/mol. The first-order chi connectivity index (χ1) is 11.8. The average Bonchev–Trinajstić information content (AvgIpc) is 3.17. The smallest absolute Gasteiger partial charge is 0.245 e. The van der Waals surface area contributed by atoms with Crippen molar-refractivity contribution in [2.75, 3.05) is 43.1 Å². The van der Waals surface area contributed by atoms with Crippen LogP contribution in [0.3, 0.4) is 0 Å². The van der Waals surface area contributed by atoms with E-state index in [1.165, 1.54) is 5.69 Å². The lowest BCUT2D eigenvalue weighted by atomic mass is 10.1. The number of amides is 1. The molecule has 0 spiro atoms. The fourth-order valence-electron chi connectivity index (χ4n) is 3.22. The molecule has 2 aromatic rings. The zero-order chi connectivity index (χ0) is 16.8. The Labute approximate surface area is 148 Å². The van der Waals surface area contributed by atoms with E-state index < -0.39 is 0 Å². The topological polar surface area (TPSA) is 28.5 Å². The van der Waals surface area contributed by atoms with Crippen molar-refractivity contribution in [1.29, 1.82) is 0 Å². The summed E-state index contributed by atoms with van der Waals surface area (Å²) in [5.41, 5.74) is 1.24. The summed E-state index contributed by atoms with van der Waals surface area (Å²) in [4.78, 5) is 17.4. The highest BCUT2D eigenvalue weighted by molar-refractivity contribution is 7.98. The Bertz CT molecular complexity index is 621. The van der Waals surface area contributed by atoms with Crippen molar-refractivity contribution in [3.63, 3.8) is 0 Å². The van der Waals surface area contributed by atoms with Gasteiger partial charge in [0.1, 0.15) is 6.04 Å². The maximum atomic E-state index is 13.0.